The van der Waals surface area contributed by atoms with Crippen molar-refractivity contribution in [3.05, 3.63) is 70.3 Å². The summed E-state index contributed by atoms with van der Waals surface area (Å²) in [5, 5.41) is 0. The van der Waals surface area contributed by atoms with Gasteiger partial charge in [0, 0.05) is 10.4 Å². The standard InChI is InChI=1S/C16H15BrF2/c1-10-4-3-5-12(6-10)8-14(17)13-9-15(18)11(2)7-16(13)19/h3-7,9,14H,8H2,1-2H3. The van der Waals surface area contributed by atoms with Crippen LogP contribution in [0.5, 0.6) is 0 Å². The molecule has 0 aliphatic carbocycles. The molecule has 0 saturated carbocycles. The minimum absolute atomic E-state index is 0.232. The Morgan fingerprint density at radius 2 is 1.79 bits per heavy atom. The van der Waals surface area contributed by atoms with Crippen molar-refractivity contribution >= 4 is 15.9 Å². The van der Waals surface area contributed by atoms with E-state index in [0.29, 0.717) is 17.5 Å². The largest absolute Gasteiger partial charge is 0.207 e. The lowest BCUT2D eigenvalue weighted by atomic mass is 10.0. The first kappa shape index (κ1) is 14.2. The van der Waals surface area contributed by atoms with Crippen LogP contribution >= 0.6 is 15.9 Å². The van der Waals surface area contributed by atoms with Gasteiger partial charge in [-0.25, -0.2) is 8.78 Å². The first-order valence-corrected chi connectivity index (χ1v) is 7.04. The van der Waals surface area contributed by atoms with Gasteiger partial charge in [0.2, 0.25) is 0 Å². The molecular weight excluding hydrogens is 310 g/mol. The molecule has 19 heavy (non-hydrogen) atoms. The lowest BCUT2D eigenvalue weighted by Gasteiger charge is -2.13. The fourth-order valence-electron chi connectivity index (χ4n) is 2.06. The second kappa shape index (κ2) is 5.83. The van der Waals surface area contributed by atoms with Crippen LogP contribution in [0.4, 0.5) is 8.78 Å². The first-order valence-electron chi connectivity index (χ1n) is 6.12. The van der Waals surface area contributed by atoms with Crippen molar-refractivity contribution in [3.8, 4) is 0 Å². The minimum atomic E-state index is -0.370. The Bertz CT molecular complexity index is 593. The molecule has 0 heterocycles. The van der Waals surface area contributed by atoms with E-state index in [4.69, 9.17) is 0 Å². The van der Waals surface area contributed by atoms with Crippen LogP contribution in [-0.4, -0.2) is 0 Å². The molecule has 0 saturated heterocycles. The molecule has 3 heteroatoms. The maximum absolute atomic E-state index is 13.9. The summed E-state index contributed by atoms with van der Waals surface area (Å²) in [7, 11) is 0. The van der Waals surface area contributed by atoms with Crippen LogP contribution in [0.25, 0.3) is 0 Å². The molecular formula is C16H15BrF2. The van der Waals surface area contributed by atoms with Crippen molar-refractivity contribution in [1.29, 1.82) is 0 Å². The average Bonchev–Trinajstić information content (AvgIpc) is 2.33. The zero-order valence-corrected chi connectivity index (χ0v) is 12.5. The summed E-state index contributed by atoms with van der Waals surface area (Å²) in [6.07, 6.45) is 0.626. The molecule has 1 atom stereocenters. The highest BCUT2D eigenvalue weighted by molar-refractivity contribution is 9.09. The SMILES string of the molecule is Cc1cccc(CC(Br)c2cc(F)c(C)cc2F)c1. The molecule has 0 N–H and O–H groups in total. The van der Waals surface area contributed by atoms with Gasteiger partial charge in [0.1, 0.15) is 11.6 Å². The van der Waals surface area contributed by atoms with E-state index in [1.807, 2.05) is 25.1 Å². The second-order valence-electron chi connectivity index (χ2n) is 4.78. The van der Waals surface area contributed by atoms with Crippen LogP contribution in [0.3, 0.4) is 0 Å². The van der Waals surface area contributed by atoms with Gasteiger partial charge in [-0.3, -0.25) is 0 Å². The Kier molecular flexibility index (Phi) is 4.35. The third kappa shape index (κ3) is 3.41. The Morgan fingerprint density at radius 1 is 1.05 bits per heavy atom. The van der Waals surface area contributed by atoms with E-state index < -0.39 is 0 Å². The van der Waals surface area contributed by atoms with E-state index in [0.717, 1.165) is 11.1 Å². The number of aryl methyl sites for hydroxylation is 2. The van der Waals surface area contributed by atoms with Gasteiger partial charge in [-0.2, -0.15) is 0 Å². The van der Waals surface area contributed by atoms with Crippen LogP contribution < -0.4 is 0 Å². The van der Waals surface area contributed by atoms with Gasteiger partial charge < -0.3 is 0 Å². The topological polar surface area (TPSA) is 0 Å². The summed E-state index contributed by atoms with van der Waals surface area (Å²) in [6.45, 7) is 3.57. The van der Waals surface area contributed by atoms with E-state index in [1.165, 1.54) is 12.1 Å². The van der Waals surface area contributed by atoms with Crippen molar-refractivity contribution in [3.63, 3.8) is 0 Å². The molecule has 100 valence electrons. The molecule has 0 aliphatic rings. The smallest absolute Gasteiger partial charge is 0.128 e. The summed E-state index contributed by atoms with van der Waals surface area (Å²) in [5.41, 5.74) is 2.95. The van der Waals surface area contributed by atoms with Gasteiger partial charge in [0.05, 0.1) is 0 Å². The summed E-state index contributed by atoms with van der Waals surface area (Å²) in [5.74, 6) is -0.737. The molecule has 0 aliphatic heterocycles. The van der Waals surface area contributed by atoms with E-state index in [2.05, 4.69) is 22.0 Å². The summed E-state index contributed by atoms with van der Waals surface area (Å²) < 4.78 is 27.4. The molecule has 0 spiro atoms. The Hall–Kier alpha value is -1.22. The minimum Gasteiger partial charge on any atom is -0.207 e. The number of benzene rings is 2. The Labute approximate surface area is 120 Å². The molecule has 2 aromatic rings. The fraction of sp³-hybridized carbons (Fsp3) is 0.250. The van der Waals surface area contributed by atoms with E-state index in [1.54, 1.807) is 6.92 Å². The van der Waals surface area contributed by atoms with Crippen LogP contribution in [-0.2, 0) is 6.42 Å². The molecule has 0 amide bonds. The molecule has 0 aromatic heterocycles. The maximum atomic E-state index is 13.9. The van der Waals surface area contributed by atoms with Crippen LogP contribution in [0.1, 0.15) is 27.1 Å². The van der Waals surface area contributed by atoms with Crippen molar-refractivity contribution in [2.24, 2.45) is 0 Å². The molecule has 1 unspecified atom stereocenters. The predicted molar refractivity (Wildman–Crippen MR) is 77.6 cm³/mol. The van der Waals surface area contributed by atoms with Crippen molar-refractivity contribution < 1.29 is 8.78 Å². The number of hydrogen-bond acceptors (Lipinski definition) is 0. The van der Waals surface area contributed by atoms with Gasteiger partial charge >= 0.3 is 0 Å². The zero-order chi connectivity index (χ0) is 14.0. The first-order chi connectivity index (χ1) is 8.97. The van der Waals surface area contributed by atoms with Gasteiger partial charge in [-0.15, -0.1) is 0 Å². The predicted octanol–water partition coefficient (Wildman–Crippen LogP) is 5.26. The molecule has 0 radical (unpaired) electrons. The lowest BCUT2D eigenvalue weighted by Crippen LogP contribution is -2.01. The van der Waals surface area contributed by atoms with Gasteiger partial charge in [-0.1, -0.05) is 45.8 Å². The van der Waals surface area contributed by atoms with Crippen molar-refractivity contribution in [2.75, 3.05) is 0 Å². The summed E-state index contributed by atoms with van der Waals surface area (Å²) in [6, 6.07) is 10.5. The summed E-state index contributed by atoms with van der Waals surface area (Å²) in [4.78, 5) is -0.232. The number of hydrogen-bond donors (Lipinski definition) is 0. The molecule has 0 nitrogen and oxygen atoms in total. The van der Waals surface area contributed by atoms with Crippen LogP contribution in [0.2, 0.25) is 0 Å². The van der Waals surface area contributed by atoms with Crippen molar-refractivity contribution in [1.82, 2.24) is 0 Å². The van der Waals surface area contributed by atoms with Gasteiger partial charge in [-0.05, 0) is 43.5 Å². The van der Waals surface area contributed by atoms with Crippen molar-refractivity contribution in [2.45, 2.75) is 25.1 Å². The molecule has 2 rings (SSSR count). The van der Waals surface area contributed by atoms with Gasteiger partial charge in [0.15, 0.2) is 0 Å². The highest BCUT2D eigenvalue weighted by Crippen LogP contribution is 2.30. The number of alkyl halides is 1. The van der Waals surface area contributed by atoms with Crippen LogP contribution in [0.15, 0.2) is 36.4 Å². The number of rotatable bonds is 3. The second-order valence-corrected chi connectivity index (χ2v) is 5.89. The fourth-order valence-corrected chi connectivity index (χ4v) is 2.78. The summed E-state index contributed by atoms with van der Waals surface area (Å²) >= 11 is 3.45. The quantitative estimate of drug-likeness (QED) is 0.675. The highest BCUT2D eigenvalue weighted by atomic mass is 79.9. The monoisotopic (exact) mass is 324 g/mol. The lowest BCUT2D eigenvalue weighted by molar-refractivity contribution is 0.577. The van der Waals surface area contributed by atoms with E-state index in [-0.39, 0.29) is 16.5 Å². The Morgan fingerprint density at radius 3 is 2.47 bits per heavy atom. The zero-order valence-electron chi connectivity index (χ0n) is 10.9. The van der Waals surface area contributed by atoms with E-state index in [9.17, 15) is 8.78 Å². The normalized spacial score (nSPS) is 12.5. The average molecular weight is 325 g/mol. The third-order valence-electron chi connectivity index (χ3n) is 3.11. The Balaban J connectivity index is 2.25. The maximum Gasteiger partial charge on any atom is 0.128 e. The number of halogens is 3. The molecule has 0 bridgehead atoms. The van der Waals surface area contributed by atoms with Crippen LogP contribution in [0, 0.1) is 25.5 Å². The molecule has 2 aromatic carbocycles. The van der Waals surface area contributed by atoms with E-state index >= 15 is 0 Å². The third-order valence-corrected chi connectivity index (χ3v) is 3.93. The highest BCUT2D eigenvalue weighted by Gasteiger charge is 2.15. The van der Waals surface area contributed by atoms with Gasteiger partial charge in [0.25, 0.3) is 0 Å². The molecule has 0 fully saturated rings.